The van der Waals surface area contributed by atoms with Crippen LogP contribution in [-0.2, 0) is 21.4 Å². The first-order valence-corrected chi connectivity index (χ1v) is 12.2. The smallest absolute Gasteiger partial charge is 0.329 e. The predicted octanol–water partition coefficient (Wildman–Crippen LogP) is 2.04. The van der Waals surface area contributed by atoms with Crippen molar-refractivity contribution in [1.82, 2.24) is 18.8 Å². The number of rotatable bonds is 9. The van der Waals surface area contributed by atoms with E-state index >= 15 is 0 Å². The number of benzene rings is 2. The highest BCUT2D eigenvalue weighted by atomic mass is 32.2. The Balaban J connectivity index is 1.56. The first-order chi connectivity index (χ1) is 17.2. The monoisotopic (exact) mass is 510 g/mol. The number of nitrogens with zero attached hydrogens (tertiary/aromatic N) is 3. The number of likely N-dealkylation sites (N-methyl/N-ethyl adjacent to an activating group) is 1. The highest BCUT2D eigenvalue weighted by Gasteiger charge is 2.33. The summed E-state index contributed by atoms with van der Waals surface area (Å²) in [5.74, 6) is -0.398. The second-order valence-electron chi connectivity index (χ2n) is 7.84. The number of nitrogens with one attached hydrogen (secondary N) is 1. The zero-order chi connectivity index (χ0) is 25.9. The van der Waals surface area contributed by atoms with Gasteiger partial charge in [0, 0.05) is 19.8 Å². The predicted molar refractivity (Wildman–Crippen MR) is 131 cm³/mol. The molecule has 0 spiro atoms. The van der Waals surface area contributed by atoms with Crippen molar-refractivity contribution in [3.05, 3.63) is 93.8 Å². The summed E-state index contributed by atoms with van der Waals surface area (Å²) in [5.41, 5.74) is -1.31. The molecule has 36 heavy (non-hydrogen) atoms. The highest BCUT2D eigenvalue weighted by Crippen LogP contribution is 2.25. The van der Waals surface area contributed by atoms with Gasteiger partial charge in [-0.2, -0.15) is 4.31 Å². The van der Waals surface area contributed by atoms with Crippen LogP contribution >= 0.6 is 0 Å². The quantitative estimate of drug-likeness (QED) is 0.347. The Labute approximate surface area is 205 Å². The Morgan fingerprint density at radius 1 is 1.06 bits per heavy atom. The lowest BCUT2D eigenvalue weighted by atomic mass is 10.2. The van der Waals surface area contributed by atoms with Crippen LogP contribution in [0, 0.1) is 0 Å². The number of fused-ring (bicyclic) bond motifs is 1. The highest BCUT2D eigenvalue weighted by molar-refractivity contribution is 7.89. The van der Waals surface area contributed by atoms with E-state index < -0.39 is 33.3 Å². The molecule has 0 saturated carbocycles. The number of H-pyrrole nitrogens is 1. The summed E-state index contributed by atoms with van der Waals surface area (Å²) in [5, 5.41) is 9.94. The van der Waals surface area contributed by atoms with Gasteiger partial charge in [-0.15, -0.1) is 0 Å². The molecule has 0 aliphatic carbocycles. The summed E-state index contributed by atoms with van der Waals surface area (Å²) in [6.45, 7) is -0.191. The zero-order valence-corrected chi connectivity index (χ0v) is 19.9. The van der Waals surface area contributed by atoms with E-state index in [-0.39, 0.29) is 28.9 Å². The Kier molecular flexibility index (Phi) is 6.99. The molecule has 1 atom stereocenters. The van der Waals surface area contributed by atoms with Gasteiger partial charge >= 0.3 is 11.7 Å². The molecule has 2 aromatic heterocycles. The lowest BCUT2D eigenvalue weighted by molar-refractivity contribution is -0.141. The molecule has 2 heterocycles. The van der Waals surface area contributed by atoms with E-state index in [1.54, 1.807) is 24.3 Å². The zero-order valence-electron chi connectivity index (χ0n) is 19.1. The number of para-hydroxylation sites is 1. The van der Waals surface area contributed by atoms with Gasteiger partial charge in [-0.05, 0) is 55.0 Å². The lowest BCUT2D eigenvalue weighted by Crippen LogP contribution is -2.43. The maximum absolute atomic E-state index is 13.2. The fraction of sp³-hybridized carbons (Fsp3) is 0.167. The Morgan fingerprint density at radius 2 is 1.72 bits per heavy atom. The fourth-order valence-electron chi connectivity index (χ4n) is 3.68. The number of pyridine rings is 1. The van der Waals surface area contributed by atoms with Crippen molar-refractivity contribution in [2.24, 2.45) is 0 Å². The van der Waals surface area contributed by atoms with Crippen molar-refractivity contribution in [2.45, 2.75) is 23.9 Å². The molecule has 2 N–H and O–H groups in total. The largest absolute Gasteiger partial charge is 0.480 e. The van der Waals surface area contributed by atoms with Crippen molar-refractivity contribution in [2.75, 3.05) is 7.05 Å². The maximum atomic E-state index is 13.2. The number of carbonyl (C=O) groups is 1. The van der Waals surface area contributed by atoms with E-state index in [4.69, 9.17) is 4.74 Å². The van der Waals surface area contributed by atoms with Gasteiger partial charge in [-0.1, -0.05) is 18.2 Å². The molecule has 0 amide bonds. The van der Waals surface area contributed by atoms with Crippen LogP contribution in [0.25, 0.3) is 11.0 Å². The lowest BCUT2D eigenvalue weighted by Gasteiger charge is -2.24. The molecule has 0 aliphatic rings. The molecule has 2 aromatic carbocycles. The number of aliphatic carboxylic acids is 1. The first-order valence-electron chi connectivity index (χ1n) is 10.8. The van der Waals surface area contributed by atoms with Crippen molar-refractivity contribution >= 4 is 27.0 Å². The van der Waals surface area contributed by atoms with Crippen molar-refractivity contribution in [1.29, 1.82) is 0 Å². The number of ether oxygens (including phenoxy) is 1. The molecule has 12 heteroatoms. The molecule has 4 aromatic rings. The van der Waals surface area contributed by atoms with Gasteiger partial charge in [0.25, 0.3) is 5.56 Å². The standard InChI is InChI=1S/C24H22N4O7S/c1-27(36(33,34)18-11-9-17(10-12-18)35-16-6-3-2-4-7-16)20(23(30)31)13-15-28-21-19(8-5-14-25-21)22(29)26-24(28)32/h2-12,14,20H,13,15H2,1H3,(H,30,31)(H,26,29,32). The van der Waals surface area contributed by atoms with Gasteiger partial charge in [-0.3, -0.25) is 19.1 Å². The van der Waals surface area contributed by atoms with Crippen LogP contribution < -0.4 is 16.0 Å². The van der Waals surface area contributed by atoms with Crippen LogP contribution in [0.2, 0.25) is 0 Å². The van der Waals surface area contributed by atoms with Gasteiger partial charge in [0.15, 0.2) is 0 Å². The third-order valence-electron chi connectivity index (χ3n) is 5.58. The number of aryl methyl sites for hydroxylation is 1. The first kappa shape index (κ1) is 24.8. The second kappa shape index (κ2) is 10.1. The molecule has 0 bridgehead atoms. The van der Waals surface area contributed by atoms with Crippen molar-refractivity contribution < 1.29 is 23.1 Å². The van der Waals surface area contributed by atoms with Crippen LogP contribution in [0.3, 0.4) is 0 Å². The van der Waals surface area contributed by atoms with E-state index in [1.165, 1.54) is 42.6 Å². The topological polar surface area (TPSA) is 152 Å². The maximum Gasteiger partial charge on any atom is 0.329 e. The SMILES string of the molecule is CN(C(CCn1c(=O)[nH]c(=O)c2cccnc21)C(=O)O)S(=O)(=O)c1ccc(Oc2ccccc2)cc1. The molecule has 0 aliphatic heterocycles. The molecular weight excluding hydrogens is 488 g/mol. The number of aromatic nitrogens is 3. The second-order valence-corrected chi connectivity index (χ2v) is 9.83. The number of aromatic amines is 1. The minimum Gasteiger partial charge on any atom is -0.480 e. The Hall–Kier alpha value is -4.29. The minimum atomic E-state index is -4.20. The number of hydrogen-bond donors (Lipinski definition) is 2. The molecule has 0 radical (unpaired) electrons. The Bertz CT molecular complexity index is 1610. The summed E-state index contributed by atoms with van der Waals surface area (Å²) < 4.78 is 33.9. The fourth-order valence-corrected chi connectivity index (χ4v) is 5.02. The van der Waals surface area contributed by atoms with E-state index in [0.29, 0.717) is 11.5 Å². The minimum absolute atomic E-state index is 0.0786. The van der Waals surface area contributed by atoms with E-state index in [2.05, 4.69) is 9.97 Å². The number of carboxylic acid groups (broad SMARTS) is 1. The van der Waals surface area contributed by atoms with E-state index in [1.807, 2.05) is 6.07 Å². The molecule has 4 rings (SSSR count). The van der Waals surface area contributed by atoms with Gasteiger partial charge < -0.3 is 9.84 Å². The molecule has 0 fully saturated rings. The molecule has 1 unspecified atom stereocenters. The summed E-state index contributed by atoms with van der Waals surface area (Å²) in [6.07, 6.45) is 1.14. The number of carboxylic acids is 1. The van der Waals surface area contributed by atoms with Crippen LogP contribution in [0.1, 0.15) is 6.42 Å². The van der Waals surface area contributed by atoms with Crippen LogP contribution in [-0.4, -0.2) is 51.4 Å². The molecular formula is C24H22N4O7S. The van der Waals surface area contributed by atoms with Gasteiger partial charge in [0.2, 0.25) is 10.0 Å². The number of hydrogen-bond acceptors (Lipinski definition) is 7. The third-order valence-corrected chi connectivity index (χ3v) is 7.46. The summed E-state index contributed by atoms with van der Waals surface area (Å²) in [7, 11) is -3.04. The van der Waals surface area contributed by atoms with Crippen LogP contribution in [0.4, 0.5) is 0 Å². The summed E-state index contributed by atoms with van der Waals surface area (Å²) >= 11 is 0. The Morgan fingerprint density at radius 3 is 2.39 bits per heavy atom. The molecule has 0 saturated heterocycles. The van der Waals surface area contributed by atoms with Crippen LogP contribution in [0.15, 0.2) is 87.4 Å². The van der Waals surface area contributed by atoms with E-state index in [9.17, 15) is 27.9 Å². The third kappa shape index (κ3) is 5.04. The molecule has 186 valence electrons. The van der Waals surface area contributed by atoms with E-state index in [0.717, 1.165) is 15.9 Å². The number of sulfonamides is 1. The summed E-state index contributed by atoms with van der Waals surface area (Å²) in [6, 6.07) is 16.1. The average molecular weight is 511 g/mol. The van der Waals surface area contributed by atoms with Crippen molar-refractivity contribution in [3.63, 3.8) is 0 Å². The average Bonchev–Trinajstić information content (AvgIpc) is 2.86. The normalized spacial score (nSPS) is 12.5. The van der Waals surface area contributed by atoms with Crippen LogP contribution in [0.5, 0.6) is 11.5 Å². The van der Waals surface area contributed by atoms with Gasteiger partial charge in [-0.25, -0.2) is 18.2 Å². The van der Waals surface area contributed by atoms with Gasteiger partial charge in [0.1, 0.15) is 23.2 Å². The molecule has 11 nitrogen and oxygen atoms in total. The summed E-state index contributed by atoms with van der Waals surface area (Å²) in [4.78, 5) is 42.5. The van der Waals surface area contributed by atoms with Crippen molar-refractivity contribution in [3.8, 4) is 11.5 Å². The van der Waals surface area contributed by atoms with Gasteiger partial charge in [0.05, 0.1) is 10.3 Å².